The monoisotopic (exact) mass is 348 g/mol. The topological polar surface area (TPSA) is 80.2 Å². The highest BCUT2D eigenvalue weighted by molar-refractivity contribution is 5.84. The molecule has 1 amide bonds. The van der Waals surface area contributed by atoms with Crippen molar-refractivity contribution < 1.29 is 19.4 Å². The molecule has 0 spiro atoms. The SMILES string of the molecule is CC1(C)COC(C(O)C(Cc2ccccc2)NC(=O)OC(C)(C)C)=N1. The molecule has 0 saturated carbocycles. The Morgan fingerprint density at radius 1 is 1.36 bits per heavy atom. The molecule has 0 bridgehead atoms. The summed E-state index contributed by atoms with van der Waals surface area (Å²) in [6.07, 6.45) is -1.19. The molecule has 2 atom stereocenters. The molecule has 1 heterocycles. The third-order valence-electron chi connectivity index (χ3n) is 3.62. The number of amides is 1. The molecule has 6 nitrogen and oxygen atoms in total. The standard InChI is InChI=1S/C19H28N2O4/c1-18(2,3)25-17(23)20-14(11-13-9-7-6-8-10-13)15(22)16-21-19(4,5)12-24-16/h6-10,14-15,22H,11-12H2,1-5H3,(H,20,23). The molecule has 0 saturated heterocycles. The molecule has 1 aromatic rings. The van der Waals surface area contributed by atoms with Crippen molar-refractivity contribution >= 4 is 12.0 Å². The van der Waals surface area contributed by atoms with E-state index in [0.717, 1.165) is 5.56 Å². The number of hydrogen-bond acceptors (Lipinski definition) is 5. The summed E-state index contributed by atoms with van der Waals surface area (Å²) in [5.41, 5.74) is -0.00430. The van der Waals surface area contributed by atoms with Gasteiger partial charge in [0, 0.05) is 0 Å². The fourth-order valence-electron chi connectivity index (χ4n) is 2.51. The molecule has 1 aromatic carbocycles. The van der Waals surface area contributed by atoms with Crippen LogP contribution in [0.1, 0.15) is 40.2 Å². The molecule has 2 rings (SSSR count). The van der Waals surface area contributed by atoms with Crippen LogP contribution < -0.4 is 5.32 Å². The zero-order valence-electron chi connectivity index (χ0n) is 15.6. The number of aliphatic hydroxyl groups excluding tert-OH is 1. The second-order valence-electron chi connectivity index (χ2n) is 7.94. The molecule has 1 aliphatic rings. The summed E-state index contributed by atoms with van der Waals surface area (Å²) in [5, 5.41) is 13.5. The first kappa shape index (κ1) is 19.2. The van der Waals surface area contributed by atoms with Gasteiger partial charge in [0.05, 0.1) is 11.6 Å². The second-order valence-corrected chi connectivity index (χ2v) is 7.94. The van der Waals surface area contributed by atoms with Gasteiger partial charge in [0.2, 0.25) is 5.90 Å². The molecule has 2 N–H and O–H groups in total. The van der Waals surface area contributed by atoms with E-state index < -0.39 is 23.8 Å². The van der Waals surface area contributed by atoms with Crippen molar-refractivity contribution in [3.8, 4) is 0 Å². The summed E-state index contributed by atoms with van der Waals surface area (Å²) in [6, 6.07) is 9.03. The van der Waals surface area contributed by atoms with E-state index in [-0.39, 0.29) is 11.4 Å². The van der Waals surface area contributed by atoms with Crippen LogP contribution in [0.5, 0.6) is 0 Å². The molecule has 0 radical (unpaired) electrons. The van der Waals surface area contributed by atoms with Crippen LogP contribution in [0.25, 0.3) is 0 Å². The summed E-state index contributed by atoms with van der Waals surface area (Å²) in [4.78, 5) is 16.6. The van der Waals surface area contributed by atoms with E-state index in [1.807, 2.05) is 44.2 Å². The Balaban J connectivity index is 2.15. The van der Waals surface area contributed by atoms with Gasteiger partial charge in [-0.15, -0.1) is 0 Å². The normalized spacial score (nSPS) is 18.7. The predicted molar refractivity (Wildman–Crippen MR) is 96.8 cm³/mol. The minimum Gasteiger partial charge on any atom is -0.476 e. The number of aliphatic imine (C=N–C) groups is 1. The van der Waals surface area contributed by atoms with Crippen LogP contribution in [0.15, 0.2) is 35.3 Å². The van der Waals surface area contributed by atoms with E-state index in [1.54, 1.807) is 20.8 Å². The zero-order valence-corrected chi connectivity index (χ0v) is 15.6. The molecule has 25 heavy (non-hydrogen) atoms. The highest BCUT2D eigenvalue weighted by Crippen LogP contribution is 2.20. The second kappa shape index (κ2) is 7.44. The minimum atomic E-state index is -1.05. The maximum Gasteiger partial charge on any atom is 0.407 e. The summed E-state index contributed by atoms with van der Waals surface area (Å²) >= 11 is 0. The molecule has 2 unspecified atom stereocenters. The average Bonchev–Trinajstić information content (AvgIpc) is 2.85. The number of rotatable bonds is 5. The van der Waals surface area contributed by atoms with E-state index in [2.05, 4.69) is 10.3 Å². The molecule has 138 valence electrons. The number of carbonyl (C=O) groups is 1. The number of alkyl carbamates (subject to hydrolysis) is 1. The van der Waals surface area contributed by atoms with Gasteiger partial charge < -0.3 is 19.9 Å². The van der Waals surface area contributed by atoms with Crippen molar-refractivity contribution in [2.75, 3.05) is 6.61 Å². The number of nitrogens with zero attached hydrogens (tertiary/aromatic N) is 1. The maximum absolute atomic E-state index is 12.2. The lowest BCUT2D eigenvalue weighted by Gasteiger charge is -2.26. The van der Waals surface area contributed by atoms with Crippen molar-refractivity contribution in [2.45, 2.75) is 64.3 Å². The minimum absolute atomic E-state index is 0.252. The zero-order chi connectivity index (χ0) is 18.7. The third-order valence-corrected chi connectivity index (χ3v) is 3.62. The number of nitrogens with one attached hydrogen (secondary N) is 1. The largest absolute Gasteiger partial charge is 0.476 e. The van der Waals surface area contributed by atoms with Gasteiger partial charge in [0.15, 0.2) is 0 Å². The Morgan fingerprint density at radius 2 is 2.00 bits per heavy atom. The fourth-order valence-corrected chi connectivity index (χ4v) is 2.51. The van der Waals surface area contributed by atoms with E-state index in [1.165, 1.54) is 0 Å². The van der Waals surface area contributed by atoms with E-state index in [0.29, 0.717) is 13.0 Å². The van der Waals surface area contributed by atoms with Crippen LogP contribution in [0.2, 0.25) is 0 Å². The van der Waals surface area contributed by atoms with Gasteiger partial charge in [-0.05, 0) is 46.6 Å². The van der Waals surface area contributed by atoms with Gasteiger partial charge in [-0.3, -0.25) is 0 Å². The number of carbonyl (C=O) groups excluding carboxylic acids is 1. The van der Waals surface area contributed by atoms with Gasteiger partial charge in [-0.25, -0.2) is 9.79 Å². The number of aliphatic hydroxyl groups is 1. The average molecular weight is 348 g/mol. The lowest BCUT2D eigenvalue weighted by molar-refractivity contribution is 0.0454. The van der Waals surface area contributed by atoms with Gasteiger partial charge in [-0.2, -0.15) is 0 Å². The lowest BCUT2D eigenvalue weighted by atomic mass is 10.0. The van der Waals surface area contributed by atoms with Crippen molar-refractivity contribution in [3.63, 3.8) is 0 Å². The first-order valence-corrected chi connectivity index (χ1v) is 8.50. The van der Waals surface area contributed by atoms with Crippen molar-refractivity contribution in [1.29, 1.82) is 0 Å². The van der Waals surface area contributed by atoms with Crippen LogP contribution >= 0.6 is 0 Å². The number of benzene rings is 1. The van der Waals surface area contributed by atoms with Gasteiger partial charge in [-0.1, -0.05) is 30.3 Å². The predicted octanol–water partition coefficient (Wildman–Crippen LogP) is 2.69. The lowest BCUT2D eigenvalue weighted by Crippen LogP contribution is -2.49. The summed E-state index contributed by atoms with van der Waals surface area (Å²) in [5.74, 6) is 0.252. The summed E-state index contributed by atoms with van der Waals surface area (Å²) < 4.78 is 10.9. The summed E-state index contributed by atoms with van der Waals surface area (Å²) in [6.45, 7) is 9.65. The first-order chi connectivity index (χ1) is 11.6. The maximum atomic E-state index is 12.2. The Morgan fingerprint density at radius 3 is 2.52 bits per heavy atom. The molecule has 0 fully saturated rings. The highest BCUT2D eigenvalue weighted by Gasteiger charge is 2.35. The van der Waals surface area contributed by atoms with Crippen molar-refractivity contribution in [3.05, 3.63) is 35.9 Å². The van der Waals surface area contributed by atoms with Crippen LogP contribution in [0.4, 0.5) is 4.79 Å². The first-order valence-electron chi connectivity index (χ1n) is 8.50. The third kappa shape index (κ3) is 6.05. The van der Waals surface area contributed by atoms with Gasteiger partial charge in [0.25, 0.3) is 0 Å². The molecular formula is C19H28N2O4. The molecule has 0 aromatic heterocycles. The van der Waals surface area contributed by atoms with E-state index in [4.69, 9.17) is 9.47 Å². The van der Waals surface area contributed by atoms with Crippen LogP contribution in [-0.2, 0) is 15.9 Å². The molecule has 0 aliphatic carbocycles. The molecule has 6 heteroatoms. The quantitative estimate of drug-likeness (QED) is 0.857. The smallest absolute Gasteiger partial charge is 0.407 e. The molecular weight excluding hydrogens is 320 g/mol. The van der Waals surface area contributed by atoms with Crippen molar-refractivity contribution in [2.24, 2.45) is 4.99 Å². The Hall–Kier alpha value is -2.08. The van der Waals surface area contributed by atoms with Crippen LogP contribution in [-0.4, -0.2) is 47.0 Å². The van der Waals surface area contributed by atoms with Crippen LogP contribution in [0.3, 0.4) is 0 Å². The van der Waals surface area contributed by atoms with Gasteiger partial charge in [0.1, 0.15) is 18.3 Å². The fraction of sp³-hybridized carbons (Fsp3) is 0.579. The highest BCUT2D eigenvalue weighted by atomic mass is 16.6. The van der Waals surface area contributed by atoms with Crippen molar-refractivity contribution in [1.82, 2.24) is 5.32 Å². The Kier molecular flexibility index (Phi) is 5.72. The van der Waals surface area contributed by atoms with E-state index in [9.17, 15) is 9.90 Å². The molecule has 1 aliphatic heterocycles. The number of hydrogen-bond donors (Lipinski definition) is 2. The van der Waals surface area contributed by atoms with Crippen LogP contribution in [0, 0.1) is 0 Å². The Labute approximate surface area is 149 Å². The summed E-state index contributed by atoms with van der Waals surface area (Å²) in [7, 11) is 0. The van der Waals surface area contributed by atoms with Gasteiger partial charge >= 0.3 is 6.09 Å². The number of ether oxygens (including phenoxy) is 2. The Bertz CT molecular complexity index is 620. The van der Waals surface area contributed by atoms with E-state index >= 15 is 0 Å².